The molecule has 1 saturated heterocycles. The second-order valence-electron chi connectivity index (χ2n) is 32.4. The Morgan fingerprint density at radius 1 is 0.588 bits per heavy atom. The molecule has 0 saturated carbocycles. The third-order valence-corrected chi connectivity index (χ3v) is 24.7. The van der Waals surface area contributed by atoms with E-state index in [4.69, 9.17) is 25.1 Å². The number of nitrogens with two attached hydrogens (primary N) is 1. The Morgan fingerprint density at radius 2 is 1.17 bits per heavy atom. The zero-order valence-electron chi connectivity index (χ0n) is 77.6. The van der Waals surface area contributed by atoms with Crippen molar-refractivity contribution in [1.82, 2.24) is 78.8 Å². The number of hydrogen-bond acceptors (Lipinski definition) is 29. The number of aromatic hydroxyl groups is 1. The largest absolute Gasteiger partial charge is 0.508 e. The van der Waals surface area contributed by atoms with E-state index in [-0.39, 0.29) is 104 Å². The van der Waals surface area contributed by atoms with Crippen LogP contribution >= 0.6 is 32.9 Å². The first-order valence-electron chi connectivity index (χ1n) is 44.4. The molecule has 136 heavy (non-hydrogen) atoms. The summed E-state index contributed by atoms with van der Waals surface area (Å²) in [5, 5.41) is 82.7. The number of carboxylic acid groups (broad SMARTS) is 5. The molecule has 1 unspecified atom stereocenters. The Bertz CT molecular complexity index is 4640. The number of nitrogens with zero attached hydrogens (tertiary/aromatic N) is 3. The van der Waals surface area contributed by atoms with Gasteiger partial charge in [0.05, 0.1) is 19.1 Å². The summed E-state index contributed by atoms with van der Waals surface area (Å²) in [7, 11) is 4.40. The fourth-order valence-electron chi connectivity index (χ4n) is 13.7. The summed E-state index contributed by atoms with van der Waals surface area (Å²) in [5.74, 6) is -16.1. The van der Waals surface area contributed by atoms with E-state index >= 15 is 0 Å². The monoisotopic (exact) mass is 1960 g/mol. The van der Waals surface area contributed by atoms with Crippen LogP contribution in [0.5, 0.6) is 5.75 Å². The molecule has 1 aliphatic rings. The normalized spacial score (nSPS) is 15.1. The number of likely N-dealkylation sites (tertiary alicyclic amines) is 1. The van der Waals surface area contributed by atoms with Gasteiger partial charge >= 0.3 is 53.9 Å². The number of benzene rings is 3. The first kappa shape index (κ1) is 116. The number of carboxylic acids is 5. The van der Waals surface area contributed by atoms with Crippen molar-refractivity contribution in [3.8, 4) is 5.75 Å². The van der Waals surface area contributed by atoms with Gasteiger partial charge in [-0.05, 0) is 106 Å². The highest BCUT2D eigenvalue weighted by atomic mass is 33.1. The molecule has 13 amide bonds. The molecular formula is C89H128N16O28S3. The smallest absolute Gasteiger partial charge is 0.426 e. The van der Waals surface area contributed by atoms with Gasteiger partial charge in [-0.2, -0.15) is 0 Å². The lowest BCUT2D eigenvalue weighted by Crippen LogP contribution is -2.59. The van der Waals surface area contributed by atoms with Crippen LogP contribution in [0.25, 0.3) is 0 Å². The number of ether oxygens (including phenoxy) is 3. The van der Waals surface area contributed by atoms with Gasteiger partial charge in [0.15, 0.2) is 12.8 Å². The maximum absolute atomic E-state index is 14.8. The summed E-state index contributed by atoms with van der Waals surface area (Å²) in [6.45, 7) is 15.4. The topological polar surface area (TPSA) is 663 Å². The standard InChI is InChI=1S/C45H69N7O11S.C44H59N9O17S2/c1-10-15-38(55)62-26-52(44(59)39(28(6)11-2)48-42(58)35-16-13-14-21-51(35)9)36(27(4)5)24-37(63-30(8)53)43-47-34(25-64-43)41(57)46-32(23-31-17-19-33(54)20-18-31)22-29(7)40(56)49-50-45(60)61-12-3;1-2-71-72-23-32(43(68)69)51-40(63)31(21-36(58)59)49-37(60)26(45)22-47-38(61)29(19-24-9-5-3-6-10-24)50-39(62)30(20-25-11-7-4-8-12-25)48-34(55)17-18-46-33(54)15-13-27(41(64)65)52-44(70)53-28(42(66)67)14-16-35(56)57/h17-20,25,27-29,32,35-37,39,54H,10-16,21-24,26H2,1-9H3,(H,46,57)(H,48,58)(H,49,56)(H,50,60);3-12,26-32H,2,13-23,45H2,1H3,(H,46,54)(H,47,61)(H,48,55)(H,49,60)(H,50,62)(H,51,63)(H,56,57)(H,58,59)(H,64,65)(H,66,67)(H,68,69)(H2,52,53,70)/t28?,29-,32+,35+,36+,37+,39-;26-,27-,28-,29-,30-,31-,32+/m00/s1. The van der Waals surface area contributed by atoms with E-state index in [0.717, 1.165) is 47.1 Å². The first-order chi connectivity index (χ1) is 64.5. The van der Waals surface area contributed by atoms with Crippen LogP contribution in [0.1, 0.15) is 190 Å². The molecule has 0 radical (unpaired) electrons. The SMILES string of the molecule is CCCC(=O)OCN(C(=O)[C@@H](NC(=O)[C@H]1CCCCN1C)C(C)CC)[C@H](C[C@@H](OC(C)=O)c1nc(C(=O)N[C@@H](Cc2ccc(O)cc2)C[C@H](C)C(=O)NNC(=O)OCC)cs1)C(C)C.CCSSC[C@@H](NC(=O)[C@H](CC(=O)O)NC(=O)[C@@H](N)CNC(=O)[C@H](Cc1ccccc1)NC(=O)[C@H](Cc1ccccc1)NC(=O)CCNC(=O)CC[C@H](NC(=O)N[C@@H](CCC(=O)O)C(=O)O)C(=O)O)C(=O)O. The highest BCUT2D eigenvalue weighted by molar-refractivity contribution is 8.76. The van der Waals surface area contributed by atoms with E-state index in [9.17, 15) is 117 Å². The minimum Gasteiger partial charge on any atom is -0.508 e. The molecule has 3 aromatic carbocycles. The van der Waals surface area contributed by atoms with Crippen LogP contribution < -0.4 is 69.8 Å². The van der Waals surface area contributed by atoms with Crippen molar-refractivity contribution in [3.05, 3.63) is 118 Å². The Labute approximate surface area is 799 Å². The number of urea groups is 1. The summed E-state index contributed by atoms with van der Waals surface area (Å²) in [6, 6.07) is 8.72. The number of hydrazine groups is 1. The van der Waals surface area contributed by atoms with Gasteiger partial charge < -0.3 is 109 Å². The highest BCUT2D eigenvalue weighted by Crippen LogP contribution is 2.33. The number of amides is 13. The van der Waals surface area contributed by atoms with Gasteiger partial charge in [0.25, 0.3) is 5.91 Å². The summed E-state index contributed by atoms with van der Waals surface area (Å²) < 4.78 is 16.3. The van der Waals surface area contributed by atoms with Crippen molar-refractivity contribution in [2.24, 2.45) is 23.5 Å². The van der Waals surface area contributed by atoms with Crippen LogP contribution in [0.3, 0.4) is 0 Å². The minimum atomic E-state index is -1.75. The van der Waals surface area contributed by atoms with E-state index in [0.29, 0.717) is 36.1 Å². The molecule has 5 rings (SSSR count). The molecule has 750 valence electrons. The minimum absolute atomic E-state index is 0.0173. The molecule has 47 heteroatoms. The quantitative estimate of drug-likeness (QED) is 0.00752. The molecule has 44 nitrogen and oxygen atoms in total. The highest BCUT2D eigenvalue weighted by Gasteiger charge is 2.41. The van der Waals surface area contributed by atoms with Crippen LogP contribution in [0.4, 0.5) is 9.59 Å². The van der Waals surface area contributed by atoms with Gasteiger partial charge in [-0.15, -0.1) is 11.3 Å². The molecule has 14 atom stereocenters. The van der Waals surface area contributed by atoms with Gasteiger partial charge in [-0.25, -0.2) is 34.4 Å². The number of carbonyl (C=O) groups is 19. The fraction of sp³-hybridized carbons (Fsp3) is 0.551. The number of hydrogen-bond donors (Lipinski definition) is 19. The first-order valence-corrected chi connectivity index (χ1v) is 47.8. The molecule has 4 aromatic rings. The van der Waals surface area contributed by atoms with E-state index in [1.54, 1.807) is 86.6 Å². The maximum atomic E-state index is 14.8. The van der Waals surface area contributed by atoms with Crippen LogP contribution in [0.15, 0.2) is 90.3 Å². The summed E-state index contributed by atoms with van der Waals surface area (Å²) in [6.07, 6.45) is -1.14. The van der Waals surface area contributed by atoms with Crippen molar-refractivity contribution in [3.63, 3.8) is 0 Å². The van der Waals surface area contributed by atoms with Crippen molar-refractivity contribution in [2.45, 2.75) is 244 Å². The number of carbonyl (C=O) groups excluding carboxylic acids is 14. The lowest BCUT2D eigenvalue weighted by atomic mass is 9.92. The third-order valence-electron chi connectivity index (χ3n) is 21.3. The van der Waals surface area contributed by atoms with Gasteiger partial charge in [-0.1, -0.05) is 156 Å². The molecule has 0 aliphatic carbocycles. The van der Waals surface area contributed by atoms with Crippen molar-refractivity contribution < 1.29 is 136 Å². The van der Waals surface area contributed by atoms with E-state index < -0.39 is 225 Å². The van der Waals surface area contributed by atoms with Gasteiger partial charge in [0.1, 0.15) is 64.8 Å². The number of likely N-dealkylation sites (N-methyl/N-ethyl adjacent to an activating group) is 1. The van der Waals surface area contributed by atoms with E-state index in [1.165, 1.54) is 40.1 Å². The number of aromatic nitrogens is 1. The molecular weight excluding hydrogens is 1840 g/mol. The molecule has 1 aromatic heterocycles. The molecule has 1 fully saturated rings. The molecule has 20 N–H and O–H groups in total. The zero-order valence-corrected chi connectivity index (χ0v) is 80.0. The van der Waals surface area contributed by atoms with Crippen LogP contribution in [-0.2, 0) is 110 Å². The summed E-state index contributed by atoms with van der Waals surface area (Å²) in [5.41, 5.74) is 12.5. The zero-order chi connectivity index (χ0) is 101. The number of rotatable bonds is 57. The van der Waals surface area contributed by atoms with E-state index in [1.807, 2.05) is 64.1 Å². The summed E-state index contributed by atoms with van der Waals surface area (Å²) >= 11 is 1.09. The molecule has 0 spiro atoms. The Morgan fingerprint density at radius 3 is 1.72 bits per heavy atom. The summed E-state index contributed by atoms with van der Waals surface area (Å²) in [4.78, 5) is 250. The number of phenolic OH excluding ortho intramolecular Hbond substituents is 1. The van der Waals surface area contributed by atoms with E-state index in [2.05, 4.69) is 58.4 Å². The molecule has 0 bridgehead atoms. The van der Waals surface area contributed by atoms with Gasteiger partial charge in [0.2, 0.25) is 53.2 Å². The number of nitrogens with one attached hydrogen (secondary N) is 12. The number of aliphatic carboxylic acids is 5. The maximum Gasteiger partial charge on any atom is 0.426 e. The number of piperidine rings is 1. The van der Waals surface area contributed by atoms with Crippen molar-refractivity contribution in [1.29, 1.82) is 0 Å². The Hall–Kier alpha value is -12.8. The Balaban J connectivity index is 0.000000572. The lowest BCUT2D eigenvalue weighted by molar-refractivity contribution is -0.161. The lowest BCUT2D eigenvalue weighted by Gasteiger charge is -2.39. The van der Waals surface area contributed by atoms with Crippen LogP contribution in [-0.4, -0.2) is 276 Å². The number of thiazole rings is 1. The van der Waals surface area contributed by atoms with Gasteiger partial charge in [0, 0.05) is 99.8 Å². The second-order valence-corrected chi connectivity index (χ2v) is 36.1. The predicted molar refractivity (Wildman–Crippen MR) is 497 cm³/mol. The van der Waals surface area contributed by atoms with Crippen molar-refractivity contribution >= 4 is 146 Å². The second kappa shape index (κ2) is 61.3. The number of esters is 2. The third kappa shape index (κ3) is 43.3. The average Bonchev–Trinajstić information content (AvgIpc) is 1.47. The van der Waals surface area contributed by atoms with Crippen molar-refractivity contribution in [2.75, 3.05) is 51.5 Å². The number of phenols is 1. The fourth-order valence-corrected chi connectivity index (χ4v) is 16.4. The predicted octanol–water partition coefficient (Wildman–Crippen LogP) is 3.33. The van der Waals surface area contributed by atoms with Crippen LogP contribution in [0.2, 0.25) is 0 Å². The molecule has 1 aliphatic heterocycles. The van der Waals surface area contributed by atoms with Crippen LogP contribution in [0, 0.1) is 17.8 Å². The Kier molecular flexibility index (Phi) is 52.1. The van der Waals surface area contributed by atoms with Gasteiger partial charge in [-0.3, -0.25) is 77.4 Å². The average molecular weight is 1970 g/mol. The molecule has 2 heterocycles.